The molecule has 0 amide bonds. The number of rotatable bonds is 2. The first kappa shape index (κ1) is 16.5. The van der Waals surface area contributed by atoms with E-state index >= 15 is 0 Å². The predicted molar refractivity (Wildman–Crippen MR) is 77.3 cm³/mol. The van der Waals surface area contributed by atoms with E-state index in [1.165, 1.54) is 24.3 Å². The monoisotopic (exact) mass is 426 g/mol. The van der Waals surface area contributed by atoms with Gasteiger partial charge in [0.05, 0.1) is 10.0 Å². The molecule has 112 valence electrons. The third-order valence-corrected chi connectivity index (χ3v) is 4.17. The van der Waals surface area contributed by atoms with Crippen LogP contribution in [-0.2, 0) is 6.18 Å². The average molecular weight is 428 g/mol. The Bertz CT molecular complexity index is 671. The van der Waals surface area contributed by atoms with Gasteiger partial charge in [0.25, 0.3) is 0 Å². The zero-order valence-electron chi connectivity index (χ0n) is 10.3. The van der Waals surface area contributed by atoms with Gasteiger partial charge in [-0.3, -0.25) is 0 Å². The van der Waals surface area contributed by atoms with Crippen LogP contribution in [0.3, 0.4) is 0 Å². The van der Waals surface area contributed by atoms with Crippen LogP contribution in [0.4, 0.5) is 17.6 Å². The van der Waals surface area contributed by atoms with E-state index in [0.29, 0.717) is 5.56 Å². The van der Waals surface area contributed by atoms with Crippen molar-refractivity contribution >= 4 is 31.9 Å². The summed E-state index contributed by atoms with van der Waals surface area (Å²) in [6.07, 6.45) is -5.81. The SMILES string of the molecule is OC(c1ccc(F)c(Br)c1)c1ccc(Br)c(C(F)(F)F)c1. The molecule has 0 aliphatic rings. The average Bonchev–Trinajstić information content (AvgIpc) is 2.40. The third-order valence-electron chi connectivity index (χ3n) is 2.87. The van der Waals surface area contributed by atoms with E-state index in [1.54, 1.807) is 0 Å². The molecule has 0 aliphatic carbocycles. The number of alkyl halides is 3. The van der Waals surface area contributed by atoms with Crippen molar-refractivity contribution in [2.24, 2.45) is 0 Å². The van der Waals surface area contributed by atoms with Crippen LogP contribution in [0.1, 0.15) is 22.8 Å². The Hall–Kier alpha value is -0.920. The number of aliphatic hydroxyl groups is 1. The smallest absolute Gasteiger partial charge is 0.384 e. The fourth-order valence-electron chi connectivity index (χ4n) is 1.81. The molecule has 7 heteroatoms. The minimum Gasteiger partial charge on any atom is -0.384 e. The maximum Gasteiger partial charge on any atom is 0.417 e. The number of hydrogen-bond donors (Lipinski definition) is 1. The maximum absolute atomic E-state index is 13.2. The standard InChI is InChI=1S/C14H8Br2F4O/c15-10-3-1-7(5-9(10)14(18,19)20)13(21)8-2-4-12(17)11(16)6-8/h1-6,13,21H. The summed E-state index contributed by atoms with van der Waals surface area (Å²) in [5.74, 6) is -0.516. The minimum absolute atomic E-state index is 0.0732. The highest BCUT2D eigenvalue weighted by atomic mass is 79.9. The minimum atomic E-state index is -4.53. The van der Waals surface area contributed by atoms with Crippen LogP contribution in [-0.4, -0.2) is 5.11 Å². The summed E-state index contributed by atoms with van der Waals surface area (Å²) >= 11 is 5.81. The highest BCUT2D eigenvalue weighted by molar-refractivity contribution is 9.10. The van der Waals surface area contributed by atoms with Gasteiger partial charge in [0.2, 0.25) is 0 Å². The van der Waals surface area contributed by atoms with Gasteiger partial charge < -0.3 is 5.11 Å². The number of benzene rings is 2. The van der Waals surface area contributed by atoms with Crippen molar-refractivity contribution in [3.63, 3.8) is 0 Å². The van der Waals surface area contributed by atoms with Crippen molar-refractivity contribution in [1.29, 1.82) is 0 Å². The molecule has 0 bridgehead atoms. The lowest BCUT2D eigenvalue weighted by Gasteiger charge is -2.16. The summed E-state index contributed by atoms with van der Waals surface area (Å²) in [4.78, 5) is 0. The lowest BCUT2D eigenvalue weighted by atomic mass is 9.99. The molecule has 0 heterocycles. The second-order valence-electron chi connectivity index (χ2n) is 4.31. The molecular weight excluding hydrogens is 420 g/mol. The molecular formula is C14H8Br2F4O. The Morgan fingerprint density at radius 1 is 0.905 bits per heavy atom. The Morgan fingerprint density at radius 2 is 1.48 bits per heavy atom. The zero-order chi connectivity index (χ0) is 15.8. The molecule has 1 unspecified atom stereocenters. The Kier molecular flexibility index (Phi) is 4.75. The highest BCUT2D eigenvalue weighted by Gasteiger charge is 2.33. The van der Waals surface area contributed by atoms with Crippen LogP contribution in [0.25, 0.3) is 0 Å². The van der Waals surface area contributed by atoms with E-state index in [1.807, 2.05) is 0 Å². The van der Waals surface area contributed by atoms with Gasteiger partial charge in [-0.1, -0.05) is 28.1 Å². The van der Waals surface area contributed by atoms with E-state index in [-0.39, 0.29) is 14.5 Å². The van der Waals surface area contributed by atoms with Crippen LogP contribution >= 0.6 is 31.9 Å². The summed E-state index contributed by atoms with van der Waals surface area (Å²) in [6.45, 7) is 0. The number of hydrogen-bond acceptors (Lipinski definition) is 1. The first-order valence-electron chi connectivity index (χ1n) is 5.70. The third kappa shape index (κ3) is 3.64. The Balaban J connectivity index is 2.44. The normalized spacial score (nSPS) is 13.3. The van der Waals surface area contributed by atoms with E-state index in [0.717, 1.165) is 12.1 Å². The molecule has 0 spiro atoms. The van der Waals surface area contributed by atoms with Crippen LogP contribution in [0.5, 0.6) is 0 Å². The van der Waals surface area contributed by atoms with Crippen molar-refractivity contribution in [3.05, 3.63) is 67.9 Å². The van der Waals surface area contributed by atoms with Crippen molar-refractivity contribution in [2.75, 3.05) is 0 Å². The van der Waals surface area contributed by atoms with Gasteiger partial charge in [0.15, 0.2) is 0 Å². The molecule has 0 saturated carbocycles. The zero-order valence-corrected chi connectivity index (χ0v) is 13.4. The quantitative estimate of drug-likeness (QED) is 0.631. The van der Waals surface area contributed by atoms with Crippen molar-refractivity contribution in [2.45, 2.75) is 12.3 Å². The van der Waals surface area contributed by atoms with Crippen LogP contribution in [0, 0.1) is 5.82 Å². The lowest BCUT2D eigenvalue weighted by molar-refractivity contribution is -0.138. The lowest BCUT2D eigenvalue weighted by Crippen LogP contribution is -2.08. The molecule has 2 aromatic carbocycles. The second kappa shape index (κ2) is 6.06. The van der Waals surface area contributed by atoms with Crippen LogP contribution < -0.4 is 0 Å². The molecule has 0 radical (unpaired) electrons. The van der Waals surface area contributed by atoms with Gasteiger partial charge in [-0.25, -0.2) is 4.39 Å². The molecule has 21 heavy (non-hydrogen) atoms. The van der Waals surface area contributed by atoms with Crippen molar-refractivity contribution in [3.8, 4) is 0 Å². The summed E-state index contributed by atoms with van der Waals surface area (Å²) in [5.41, 5.74) is -0.511. The molecule has 1 atom stereocenters. The van der Waals surface area contributed by atoms with Gasteiger partial charge in [-0.2, -0.15) is 13.2 Å². The molecule has 0 saturated heterocycles. The number of aliphatic hydroxyl groups excluding tert-OH is 1. The topological polar surface area (TPSA) is 20.2 Å². The summed E-state index contributed by atoms with van der Waals surface area (Å²) in [5, 5.41) is 10.2. The van der Waals surface area contributed by atoms with Gasteiger partial charge >= 0.3 is 6.18 Å². The Morgan fingerprint density at radius 3 is 2.05 bits per heavy atom. The molecule has 1 N–H and O–H groups in total. The molecule has 2 rings (SSSR count). The van der Waals surface area contributed by atoms with E-state index in [4.69, 9.17) is 0 Å². The van der Waals surface area contributed by atoms with Crippen molar-refractivity contribution in [1.82, 2.24) is 0 Å². The summed E-state index contributed by atoms with van der Waals surface area (Å²) < 4.78 is 51.7. The maximum atomic E-state index is 13.2. The van der Waals surface area contributed by atoms with Gasteiger partial charge in [0.1, 0.15) is 11.9 Å². The van der Waals surface area contributed by atoms with Crippen LogP contribution in [0.15, 0.2) is 45.3 Å². The first-order chi connectivity index (χ1) is 9.70. The largest absolute Gasteiger partial charge is 0.417 e. The van der Waals surface area contributed by atoms with Gasteiger partial charge in [-0.15, -0.1) is 0 Å². The van der Waals surface area contributed by atoms with E-state index in [9.17, 15) is 22.7 Å². The molecule has 1 nitrogen and oxygen atoms in total. The Labute approximate surface area is 134 Å². The highest BCUT2D eigenvalue weighted by Crippen LogP contribution is 2.37. The van der Waals surface area contributed by atoms with Crippen LogP contribution in [0.2, 0.25) is 0 Å². The fraction of sp³-hybridized carbons (Fsp3) is 0.143. The van der Waals surface area contributed by atoms with E-state index in [2.05, 4.69) is 31.9 Å². The molecule has 2 aromatic rings. The molecule has 0 fully saturated rings. The van der Waals surface area contributed by atoms with E-state index < -0.39 is 23.7 Å². The molecule has 0 aliphatic heterocycles. The van der Waals surface area contributed by atoms with Gasteiger partial charge in [-0.05, 0) is 51.3 Å². The summed E-state index contributed by atoms with van der Waals surface area (Å²) in [6, 6.07) is 7.24. The summed E-state index contributed by atoms with van der Waals surface area (Å²) in [7, 11) is 0. The van der Waals surface area contributed by atoms with Gasteiger partial charge in [0, 0.05) is 4.47 Å². The first-order valence-corrected chi connectivity index (χ1v) is 7.28. The molecule has 0 aromatic heterocycles. The second-order valence-corrected chi connectivity index (χ2v) is 6.02. The fourth-order valence-corrected chi connectivity index (χ4v) is 2.67. The number of halogens is 6. The van der Waals surface area contributed by atoms with Crippen molar-refractivity contribution < 1.29 is 22.7 Å². The predicted octanol–water partition coefficient (Wildman–Crippen LogP) is 5.45.